The lowest BCUT2D eigenvalue weighted by Gasteiger charge is -2.13. The van der Waals surface area contributed by atoms with Crippen LogP contribution in [0.5, 0.6) is 5.75 Å². The summed E-state index contributed by atoms with van der Waals surface area (Å²) in [4.78, 5) is 12.5. The van der Waals surface area contributed by atoms with Crippen LogP contribution in [0.1, 0.15) is 23.2 Å². The maximum atomic E-state index is 12.5. The largest absolute Gasteiger partial charge is 0.495 e. The van der Waals surface area contributed by atoms with Crippen LogP contribution in [0.25, 0.3) is 0 Å². The molecule has 0 heterocycles. The van der Waals surface area contributed by atoms with Crippen LogP contribution in [0.15, 0.2) is 41.3 Å². The number of rotatable bonds is 6. The molecule has 0 saturated heterocycles. The molecule has 0 unspecified atom stereocenters. The molecule has 3 rings (SSSR count). The quantitative estimate of drug-likeness (QED) is 0.754. The topological polar surface area (TPSA) is 84.5 Å². The molecule has 138 valence electrons. The standard InChI is InChI=1S/C17H16Cl2N2O4S/c1-25-16-5-4-14(26(23,24)21-13-2-3-13)9-15(16)20-17(22)10-6-11(18)8-12(19)7-10/h4-9,13,21H,2-3H2,1H3,(H,20,22). The van der Waals surface area contributed by atoms with Gasteiger partial charge in [-0.15, -0.1) is 0 Å². The van der Waals surface area contributed by atoms with Crippen molar-refractivity contribution in [3.63, 3.8) is 0 Å². The van der Waals surface area contributed by atoms with Gasteiger partial charge >= 0.3 is 0 Å². The molecule has 1 amide bonds. The van der Waals surface area contributed by atoms with Crippen molar-refractivity contribution in [2.75, 3.05) is 12.4 Å². The van der Waals surface area contributed by atoms with Gasteiger partial charge in [0.2, 0.25) is 10.0 Å². The maximum absolute atomic E-state index is 12.5. The Bertz CT molecular complexity index is 939. The van der Waals surface area contributed by atoms with E-state index in [4.69, 9.17) is 27.9 Å². The van der Waals surface area contributed by atoms with E-state index in [1.165, 1.54) is 43.5 Å². The second kappa shape index (κ2) is 7.44. The number of benzene rings is 2. The highest BCUT2D eigenvalue weighted by Gasteiger charge is 2.28. The Morgan fingerprint density at radius 2 is 1.77 bits per heavy atom. The van der Waals surface area contributed by atoms with Gasteiger partial charge in [-0.3, -0.25) is 4.79 Å². The van der Waals surface area contributed by atoms with E-state index in [-0.39, 0.29) is 22.2 Å². The molecule has 0 radical (unpaired) electrons. The number of anilines is 1. The van der Waals surface area contributed by atoms with Gasteiger partial charge in [-0.1, -0.05) is 23.2 Å². The molecular formula is C17H16Cl2N2O4S. The van der Waals surface area contributed by atoms with Crippen LogP contribution in [0.4, 0.5) is 5.69 Å². The minimum atomic E-state index is -3.66. The molecule has 26 heavy (non-hydrogen) atoms. The van der Waals surface area contributed by atoms with Gasteiger partial charge in [-0.25, -0.2) is 13.1 Å². The third-order valence-electron chi connectivity index (χ3n) is 3.75. The van der Waals surface area contributed by atoms with E-state index in [1.54, 1.807) is 0 Å². The van der Waals surface area contributed by atoms with Crippen molar-refractivity contribution >= 4 is 44.8 Å². The van der Waals surface area contributed by atoms with Gasteiger partial charge < -0.3 is 10.1 Å². The third-order valence-corrected chi connectivity index (χ3v) is 5.71. The summed E-state index contributed by atoms with van der Waals surface area (Å²) in [5.74, 6) is -0.158. The van der Waals surface area contributed by atoms with Gasteiger partial charge in [0.05, 0.1) is 17.7 Å². The number of carbonyl (C=O) groups excluding carboxylic acids is 1. The van der Waals surface area contributed by atoms with E-state index < -0.39 is 15.9 Å². The fourth-order valence-corrected chi connectivity index (χ4v) is 4.18. The van der Waals surface area contributed by atoms with Gasteiger partial charge in [0.1, 0.15) is 5.75 Å². The molecule has 0 aliphatic heterocycles. The van der Waals surface area contributed by atoms with E-state index >= 15 is 0 Å². The molecular weight excluding hydrogens is 399 g/mol. The van der Waals surface area contributed by atoms with Crippen molar-refractivity contribution in [2.45, 2.75) is 23.8 Å². The molecule has 6 nitrogen and oxygen atoms in total. The third kappa shape index (κ3) is 4.48. The second-order valence-corrected chi connectivity index (χ2v) is 8.46. The van der Waals surface area contributed by atoms with Crippen LogP contribution in [0.3, 0.4) is 0 Å². The van der Waals surface area contributed by atoms with Gasteiger partial charge in [-0.05, 0) is 49.2 Å². The number of nitrogens with one attached hydrogen (secondary N) is 2. The summed E-state index contributed by atoms with van der Waals surface area (Å²) < 4.78 is 32.6. The molecule has 1 fully saturated rings. The van der Waals surface area contributed by atoms with Crippen molar-refractivity contribution in [3.05, 3.63) is 52.0 Å². The highest BCUT2D eigenvalue weighted by atomic mass is 35.5. The lowest BCUT2D eigenvalue weighted by Crippen LogP contribution is -2.25. The predicted molar refractivity (Wildman–Crippen MR) is 101 cm³/mol. The van der Waals surface area contributed by atoms with Crippen LogP contribution >= 0.6 is 23.2 Å². The first-order chi connectivity index (χ1) is 12.3. The zero-order valence-corrected chi connectivity index (χ0v) is 16.1. The lowest BCUT2D eigenvalue weighted by molar-refractivity contribution is 0.102. The zero-order chi connectivity index (χ0) is 18.9. The Balaban J connectivity index is 1.90. The molecule has 0 spiro atoms. The summed E-state index contributed by atoms with van der Waals surface area (Å²) in [5, 5.41) is 3.28. The number of sulfonamides is 1. The summed E-state index contributed by atoms with van der Waals surface area (Å²) in [5.41, 5.74) is 0.473. The van der Waals surface area contributed by atoms with Crippen molar-refractivity contribution in [2.24, 2.45) is 0 Å². The molecule has 9 heteroatoms. The number of hydrogen-bond acceptors (Lipinski definition) is 4. The minimum Gasteiger partial charge on any atom is -0.495 e. The Morgan fingerprint density at radius 1 is 1.12 bits per heavy atom. The number of halogens is 2. The van der Waals surface area contributed by atoms with Crippen LogP contribution < -0.4 is 14.8 Å². The minimum absolute atomic E-state index is 0.0197. The fourth-order valence-electron chi connectivity index (χ4n) is 2.32. The first-order valence-corrected chi connectivity index (χ1v) is 10.0. The van der Waals surface area contributed by atoms with Crippen molar-refractivity contribution in [1.29, 1.82) is 0 Å². The average molecular weight is 415 g/mol. The number of methoxy groups -OCH3 is 1. The fraction of sp³-hybridized carbons (Fsp3) is 0.235. The average Bonchev–Trinajstić information content (AvgIpc) is 3.37. The zero-order valence-electron chi connectivity index (χ0n) is 13.8. The van der Waals surface area contributed by atoms with Crippen LogP contribution in [-0.2, 0) is 10.0 Å². The molecule has 1 aliphatic rings. The molecule has 0 bridgehead atoms. The number of ether oxygens (including phenoxy) is 1. The van der Waals surface area contributed by atoms with E-state index in [2.05, 4.69) is 10.0 Å². The van der Waals surface area contributed by atoms with Gasteiger partial charge in [0.15, 0.2) is 0 Å². The Kier molecular flexibility index (Phi) is 5.43. The molecule has 2 N–H and O–H groups in total. The highest BCUT2D eigenvalue weighted by Crippen LogP contribution is 2.30. The van der Waals surface area contributed by atoms with E-state index in [9.17, 15) is 13.2 Å². The van der Waals surface area contributed by atoms with Gasteiger partial charge in [0.25, 0.3) is 5.91 Å². The van der Waals surface area contributed by atoms with Crippen LogP contribution in [0, 0.1) is 0 Å². The summed E-state index contributed by atoms with van der Waals surface area (Å²) >= 11 is 11.8. The van der Waals surface area contributed by atoms with Crippen molar-refractivity contribution in [1.82, 2.24) is 4.72 Å². The smallest absolute Gasteiger partial charge is 0.255 e. The lowest BCUT2D eigenvalue weighted by atomic mass is 10.2. The summed E-state index contributed by atoms with van der Waals surface area (Å²) in [6, 6.07) is 8.69. The summed E-state index contributed by atoms with van der Waals surface area (Å²) in [7, 11) is -2.23. The Morgan fingerprint density at radius 3 is 2.35 bits per heavy atom. The van der Waals surface area contributed by atoms with Gasteiger partial charge in [-0.2, -0.15) is 0 Å². The first-order valence-electron chi connectivity index (χ1n) is 7.76. The Hall–Kier alpha value is -1.80. The molecule has 0 atom stereocenters. The predicted octanol–water partition coefficient (Wildman–Crippen LogP) is 3.70. The number of hydrogen-bond donors (Lipinski definition) is 2. The SMILES string of the molecule is COc1ccc(S(=O)(=O)NC2CC2)cc1NC(=O)c1cc(Cl)cc(Cl)c1. The number of carbonyl (C=O) groups is 1. The van der Waals surface area contributed by atoms with Crippen molar-refractivity contribution in [3.8, 4) is 5.75 Å². The monoisotopic (exact) mass is 414 g/mol. The Labute approximate surface area is 161 Å². The van der Waals surface area contributed by atoms with E-state index in [0.717, 1.165) is 12.8 Å². The van der Waals surface area contributed by atoms with E-state index in [1.807, 2.05) is 0 Å². The van der Waals surface area contributed by atoms with Crippen LogP contribution in [0.2, 0.25) is 10.0 Å². The normalized spacial score (nSPS) is 14.1. The number of amides is 1. The maximum Gasteiger partial charge on any atom is 0.255 e. The highest BCUT2D eigenvalue weighted by molar-refractivity contribution is 7.89. The molecule has 0 aromatic heterocycles. The summed E-state index contributed by atoms with van der Waals surface area (Å²) in [6.07, 6.45) is 1.66. The van der Waals surface area contributed by atoms with Gasteiger partial charge in [0, 0.05) is 21.7 Å². The van der Waals surface area contributed by atoms with Crippen molar-refractivity contribution < 1.29 is 17.9 Å². The second-order valence-electron chi connectivity index (χ2n) is 5.87. The molecule has 2 aromatic carbocycles. The van der Waals surface area contributed by atoms with Crippen LogP contribution in [-0.4, -0.2) is 27.5 Å². The molecule has 1 aliphatic carbocycles. The first kappa shape index (κ1) is 19.0. The molecule has 1 saturated carbocycles. The molecule has 2 aromatic rings. The van der Waals surface area contributed by atoms with E-state index in [0.29, 0.717) is 15.8 Å². The summed E-state index contributed by atoms with van der Waals surface area (Å²) in [6.45, 7) is 0.